The molecule has 0 bridgehead atoms. The zero-order valence-electron chi connectivity index (χ0n) is 15.7. The highest BCUT2D eigenvalue weighted by atomic mass is 32.1. The Morgan fingerprint density at radius 2 is 1.96 bits per heavy atom. The lowest BCUT2D eigenvalue weighted by Gasteiger charge is -2.13. The SMILES string of the molecule is COc1cc(CNC(=O)c2sccc2C2CC2)ccc1OCc1ccncc1. The van der Waals surface area contributed by atoms with E-state index in [1.54, 1.807) is 19.5 Å². The molecule has 2 heterocycles. The van der Waals surface area contributed by atoms with Gasteiger partial charge in [-0.1, -0.05) is 6.07 Å². The molecule has 0 saturated heterocycles. The standard InChI is InChI=1S/C22H22N2O3S/c1-26-20-12-16(2-5-19(20)27-14-15-6-9-23-10-7-15)13-24-22(25)21-18(8-11-28-21)17-3-4-17/h2,5-12,17H,3-4,13-14H2,1H3,(H,24,25). The van der Waals surface area contributed by atoms with Gasteiger partial charge in [-0.3, -0.25) is 9.78 Å². The number of pyridine rings is 1. The van der Waals surface area contributed by atoms with Crippen molar-refractivity contribution in [3.05, 3.63) is 75.7 Å². The number of methoxy groups -OCH3 is 1. The van der Waals surface area contributed by atoms with Crippen LogP contribution in [-0.2, 0) is 13.2 Å². The molecular formula is C22H22N2O3S. The predicted molar refractivity (Wildman–Crippen MR) is 109 cm³/mol. The Labute approximate surface area is 168 Å². The monoisotopic (exact) mass is 394 g/mol. The third kappa shape index (κ3) is 4.34. The van der Waals surface area contributed by atoms with E-state index >= 15 is 0 Å². The number of benzene rings is 1. The summed E-state index contributed by atoms with van der Waals surface area (Å²) < 4.78 is 11.3. The van der Waals surface area contributed by atoms with Crippen LogP contribution in [0.2, 0.25) is 0 Å². The van der Waals surface area contributed by atoms with E-state index in [9.17, 15) is 4.79 Å². The third-order valence-corrected chi connectivity index (χ3v) is 5.67. The van der Waals surface area contributed by atoms with Crippen molar-refractivity contribution in [1.29, 1.82) is 0 Å². The Hall–Kier alpha value is -2.86. The Bertz CT molecular complexity index is 951. The summed E-state index contributed by atoms with van der Waals surface area (Å²) in [6.45, 7) is 0.888. The summed E-state index contributed by atoms with van der Waals surface area (Å²) >= 11 is 1.51. The third-order valence-electron chi connectivity index (χ3n) is 4.74. The predicted octanol–water partition coefficient (Wildman–Crippen LogP) is 4.54. The molecule has 5 nitrogen and oxygen atoms in total. The van der Waals surface area contributed by atoms with Crippen molar-refractivity contribution in [2.45, 2.75) is 31.9 Å². The van der Waals surface area contributed by atoms with Crippen LogP contribution in [0.5, 0.6) is 11.5 Å². The van der Waals surface area contributed by atoms with Gasteiger partial charge in [-0.25, -0.2) is 0 Å². The van der Waals surface area contributed by atoms with Crippen LogP contribution < -0.4 is 14.8 Å². The van der Waals surface area contributed by atoms with Gasteiger partial charge >= 0.3 is 0 Å². The molecule has 1 aliphatic rings. The minimum absolute atomic E-state index is 0.00567. The molecule has 0 radical (unpaired) electrons. The van der Waals surface area contributed by atoms with E-state index < -0.39 is 0 Å². The van der Waals surface area contributed by atoms with Gasteiger partial charge in [-0.15, -0.1) is 11.3 Å². The molecule has 1 aromatic carbocycles. The number of hydrogen-bond acceptors (Lipinski definition) is 5. The Balaban J connectivity index is 1.38. The van der Waals surface area contributed by atoms with Crippen molar-refractivity contribution in [2.24, 2.45) is 0 Å². The second-order valence-electron chi connectivity index (χ2n) is 6.79. The van der Waals surface area contributed by atoms with Crippen molar-refractivity contribution in [1.82, 2.24) is 10.3 Å². The van der Waals surface area contributed by atoms with E-state index in [0.717, 1.165) is 16.0 Å². The minimum Gasteiger partial charge on any atom is -0.493 e. The van der Waals surface area contributed by atoms with Crippen LogP contribution >= 0.6 is 11.3 Å². The fourth-order valence-corrected chi connectivity index (χ4v) is 3.96. The van der Waals surface area contributed by atoms with E-state index in [2.05, 4.69) is 16.4 Å². The van der Waals surface area contributed by atoms with E-state index in [4.69, 9.17) is 9.47 Å². The van der Waals surface area contributed by atoms with E-state index in [0.29, 0.717) is 30.6 Å². The van der Waals surface area contributed by atoms with Crippen molar-refractivity contribution in [3.8, 4) is 11.5 Å². The number of aromatic nitrogens is 1. The van der Waals surface area contributed by atoms with E-state index in [1.165, 1.54) is 29.7 Å². The second kappa shape index (κ2) is 8.44. The average molecular weight is 394 g/mol. The summed E-state index contributed by atoms with van der Waals surface area (Å²) in [5.74, 6) is 1.89. The highest BCUT2D eigenvalue weighted by Crippen LogP contribution is 2.43. The molecule has 0 spiro atoms. The quantitative estimate of drug-likeness (QED) is 0.609. The largest absolute Gasteiger partial charge is 0.493 e. The van der Waals surface area contributed by atoms with Gasteiger partial charge in [-0.2, -0.15) is 0 Å². The molecule has 144 valence electrons. The van der Waals surface area contributed by atoms with Crippen LogP contribution in [-0.4, -0.2) is 18.0 Å². The lowest BCUT2D eigenvalue weighted by atomic mass is 10.1. The minimum atomic E-state index is -0.00567. The lowest BCUT2D eigenvalue weighted by molar-refractivity contribution is 0.0954. The van der Waals surface area contributed by atoms with Crippen LogP contribution in [0.15, 0.2) is 54.2 Å². The number of ether oxygens (including phenoxy) is 2. The summed E-state index contributed by atoms with van der Waals surface area (Å²) in [4.78, 5) is 17.4. The van der Waals surface area contributed by atoms with Gasteiger partial charge in [0.25, 0.3) is 5.91 Å². The summed E-state index contributed by atoms with van der Waals surface area (Å²) in [6.07, 6.45) is 5.86. The highest BCUT2D eigenvalue weighted by molar-refractivity contribution is 7.12. The van der Waals surface area contributed by atoms with Crippen LogP contribution in [0.4, 0.5) is 0 Å². The van der Waals surface area contributed by atoms with Crippen LogP contribution in [0, 0.1) is 0 Å². The van der Waals surface area contributed by atoms with Crippen LogP contribution in [0.25, 0.3) is 0 Å². The van der Waals surface area contributed by atoms with E-state index in [1.807, 2.05) is 35.7 Å². The molecule has 1 saturated carbocycles. The normalized spacial score (nSPS) is 13.2. The summed E-state index contributed by atoms with van der Waals surface area (Å²) in [6, 6.07) is 11.6. The molecule has 6 heteroatoms. The molecule has 1 aliphatic carbocycles. The second-order valence-corrected chi connectivity index (χ2v) is 7.71. The average Bonchev–Trinajstić information content (AvgIpc) is 3.47. The molecule has 4 rings (SSSR count). The number of carbonyl (C=O) groups excluding carboxylic acids is 1. The van der Waals surface area contributed by atoms with Crippen molar-refractivity contribution in [3.63, 3.8) is 0 Å². The lowest BCUT2D eigenvalue weighted by Crippen LogP contribution is -2.22. The van der Waals surface area contributed by atoms with Gasteiger partial charge in [0.15, 0.2) is 11.5 Å². The molecule has 0 atom stereocenters. The summed E-state index contributed by atoms with van der Waals surface area (Å²) in [5, 5.41) is 5.02. The number of nitrogens with one attached hydrogen (secondary N) is 1. The topological polar surface area (TPSA) is 60.5 Å². The Morgan fingerprint density at radius 1 is 1.14 bits per heavy atom. The molecule has 3 aromatic rings. The first-order chi connectivity index (χ1) is 13.7. The van der Waals surface area contributed by atoms with Crippen LogP contribution in [0.1, 0.15) is 45.1 Å². The fraction of sp³-hybridized carbons (Fsp3) is 0.273. The molecule has 0 aliphatic heterocycles. The summed E-state index contributed by atoms with van der Waals surface area (Å²) in [7, 11) is 1.62. The maximum absolute atomic E-state index is 12.6. The Morgan fingerprint density at radius 3 is 2.71 bits per heavy atom. The first-order valence-electron chi connectivity index (χ1n) is 9.29. The zero-order valence-corrected chi connectivity index (χ0v) is 16.5. The van der Waals surface area contributed by atoms with Gasteiger partial charge in [0.05, 0.1) is 12.0 Å². The molecule has 2 aromatic heterocycles. The Kier molecular flexibility index (Phi) is 5.58. The molecule has 1 fully saturated rings. The van der Waals surface area contributed by atoms with Gasteiger partial charge in [0.1, 0.15) is 6.61 Å². The number of carbonyl (C=O) groups is 1. The number of thiophene rings is 1. The van der Waals surface area contributed by atoms with Gasteiger partial charge in [0.2, 0.25) is 0 Å². The first kappa shape index (κ1) is 18.5. The van der Waals surface area contributed by atoms with Gasteiger partial charge in [-0.05, 0) is 71.2 Å². The number of hydrogen-bond donors (Lipinski definition) is 1. The van der Waals surface area contributed by atoms with Crippen LogP contribution in [0.3, 0.4) is 0 Å². The first-order valence-corrected chi connectivity index (χ1v) is 10.2. The molecule has 0 unspecified atom stereocenters. The van der Waals surface area contributed by atoms with Crippen molar-refractivity contribution >= 4 is 17.2 Å². The summed E-state index contributed by atoms with van der Waals surface area (Å²) in [5.41, 5.74) is 3.20. The van der Waals surface area contributed by atoms with Crippen molar-refractivity contribution < 1.29 is 14.3 Å². The highest BCUT2D eigenvalue weighted by Gasteiger charge is 2.28. The van der Waals surface area contributed by atoms with Gasteiger partial charge < -0.3 is 14.8 Å². The molecule has 1 N–H and O–H groups in total. The molecular weight excluding hydrogens is 372 g/mol. The smallest absolute Gasteiger partial charge is 0.261 e. The molecule has 28 heavy (non-hydrogen) atoms. The number of amides is 1. The zero-order chi connectivity index (χ0) is 19.3. The number of rotatable bonds is 8. The van der Waals surface area contributed by atoms with E-state index in [-0.39, 0.29) is 5.91 Å². The fourth-order valence-electron chi connectivity index (χ4n) is 3.06. The number of nitrogens with zero attached hydrogens (tertiary/aromatic N) is 1. The maximum atomic E-state index is 12.6. The van der Waals surface area contributed by atoms with Crippen molar-refractivity contribution in [2.75, 3.05) is 7.11 Å². The van der Waals surface area contributed by atoms with Gasteiger partial charge in [0, 0.05) is 18.9 Å². The molecule has 1 amide bonds. The maximum Gasteiger partial charge on any atom is 0.261 e.